The lowest BCUT2D eigenvalue weighted by molar-refractivity contribution is -0.000671. The minimum absolute atomic E-state index is 0.315. The monoisotopic (exact) mass is 327 g/mol. The number of carbonyl (C=O) groups excluding carboxylic acids is 1. The number of aliphatic hydroxyl groups is 1. The normalized spacial score (nSPS) is 22.7. The highest BCUT2D eigenvalue weighted by molar-refractivity contribution is 5.98. The van der Waals surface area contributed by atoms with Crippen molar-refractivity contribution in [2.45, 2.75) is 70.8 Å². The lowest BCUT2D eigenvalue weighted by Crippen LogP contribution is -2.29. The summed E-state index contributed by atoms with van der Waals surface area (Å²) in [5.74, 6) is -0.391. The first-order valence-electron chi connectivity index (χ1n) is 9.17. The second kappa shape index (κ2) is 6.36. The van der Waals surface area contributed by atoms with E-state index in [2.05, 4.69) is 19.9 Å². The molecule has 0 radical (unpaired) electrons. The number of primary amides is 1. The standard InChI is InChI=1S/C21H29NO2/c1-20(2)12-8-15(9-13-20)18-14-16(6-7-17(18)19(22)23)21(24)10-4-3-5-11-21/h6-8,14,24H,3-5,9-13H2,1-2H3,(H2,22,23). The smallest absolute Gasteiger partial charge is 0.249 e. The largest absolute Gasteiger partial charge is 0.385 e. The van der Waals surface area contributed by atoms with Crippen molar-refractivity contribution in [1.82, 2.24) is 0 Å². The Balaban J connectivity index is 2.01. The molecular formula is C21H29NO2. The molecule has 130 valence electrons. The number of amides is 1. The van der Waals surface area contributed by atoms with E-state index in [1.54, 1.807) is 6.07 Å². The van der Waals surface area contributed by atoms with Crippen LogP contribution in [0, 0.1) is 5.41 Å². The molecule has 0 unspecified atom stereocenters. The molecule has 0 spiro atoms. The van der Waals surface area contributed by atoms with Gasteiger partial charge in [0.05, 0.1) is 5.60 Å². The molecule has 0 heterocycles. The highest BCUT2D eigenvalue weighted by Gasteiger charge is 2.32. The Hall–Kier alpha value is -1.61. The van der Waals surface area contributed by atoms with Gasteiger partial charge in [0.15, 0.2) is 0 Å². The van der Waals surface area contributed by atoms with Gasteiger partial charge in [0.25, 0.3) is 0 Å². The van der Waals surface area contributed by atoms with Gasteiger partial charge in [-0.25, -0.2) is 0 Å². The van der Waals surface area contributed by atoms with Crippen molar-refractivity contribution in [1.29, 1.82) is 0 Å². The van der Waals surface area contributed by atoms with Crippen molar-refractivity contribution < 1.29 is 9.90 Å². The van der Waals surface area contributed by atoms with Crippen LogP contribution in [-0.2, 0) is 5.60 Å². The maximum absolute atomic E-state index is 11.9. The highest BCUT2D eigenvalue weighted by atomic mass is 16.3. The molecule has 0 bridgehead atoms. The molecular weight excluding hydrogens is 298 g/mol. The van der Waals surface area contributed by atoms with E-state index in [-0.39, 0.29) is 0 Å². The third-order valence-corrected chi connectivity index (χ3v) is 5.82. The Morgan fingerprint density at radius 2 is 1.83 bits per heavy atom. The van der Waals surface area contributed by atoms with Crippen LogP contribution >= 0.6 is 0 Å². The summed E-state index contributed by atoms with van der Waals surface area (Å²) in [5, 5.41) is 11.0. The average Bonchev–Trinajstić information content (AvgIpc) is 2.55. The molecule has 1 aromatic carbocycles. The molecule has 2 aliphatic rings. The summed E-state index contributed by atoms with van der Waals surface area (Å²) in [6.45, 7) is 4.55. The zero-order valence-corrected chi connectivity index (χ0v) is 14.9. The van der Waals surface area contributed by atoms with Crippen molar-refractivity contribution in [3.05, 3.63) is 41.0 Å². The molecule has 3 nitrogen and oxygen atoms in total. The molecule has 0 saturated heterocycles. The summed E-state index contributed by atoms with van der Waals surface area (Å²) in [5.41, 5.74) is 8.81. The van der Waals surface area contributed by atoms with Crippen LogP contribution in [-0.4, -0.2) is 11.0 Å². The third-order valence-electron chi connectivity index (χ3n) is 5.82. The topological polar surface area (TPSA) is 63.3 Å². The Labute approximate surface area is 144 Å². The van der Waals surface area contributed by atoms with E-state index in [1.165, 1.54) is 12.0 Å². The number of benzene rings is 1. The quantitative estimate of drug-likeness (QED) is 0.856. The second-order valence-corrected chi connectivity index (χ2v) is 8.31. The van der Waals surface area contributed by atoms with Gasteiger partial charge in [0.2, 0.25) is 5.91 Å². The molecule has 0 aliphatic heterocycles. The van der Waals surface area contributed by atoms with Gasteiger partial charge >= 0.3 is 0 Å². The number of hydrogen-bond acceptors (Lipinski definition) is 2. The van der Waals surface area contributed by atoms with Crippen LogP contribution in [0.4, 0.5) is 0 Å². The zero-order chi connectivity index (χ0) is 17.4. The highest BCUT2D eigenvalue weighted by Crippen LogP contribution is 2.42. The SMILES string of the molecule is CC1(C)CC=C(c2cc(C3(O)CCCCC3)ccc2C(N)=O)CC1. The third kappa shape index (κ3) is 3.41. The predicted molar refractivity (Wildman–Crippen MR) is 97.6 cm³/mol. The van der Waals surface area contributed by atoms with Crippen molar-refractivity contribution in [2.24, 2.45) is 11.1 Å². The van der Waals surface area contributed by atoms with Crippen LogP contribution in [0.2, 0.25) is 0 Å². The van der Waals surface area contributed by atoms with Crippen LogP contribution in [0.5, 0.6) is 0 Å². The van der Waals surface area contributed by atoms with E-state index in [4.69, 9.17) is 5.73 Å². The van der Waals surface area contributed by atoms with E-state index < -0.39 is 11.5 Å². The summed E-state index contributed by atoms with van der Waals surface area (Å²) < 4.78 is 0. The molecule has 0 atom stereocenters. The minimum Gasteiger partial charge on any atom is -0.385 e. The van der Waals surface area contributed by atoms with Crippen molar-refractivity contribution in [3.8, 4) is 0 Å². The van der Waals surface area contributed by atoms with Crippen LogP contribution in [0.15, 0.2) is 24.3 Å². The van der Waals surface area contributed by atoms with E-state index in [0.29, 0.717) is 11.0 Å². The van der Waals surface area contributed by atoms with Gasteiger partial charge < -0.3 is 10.8 Å². The van der Waals surface area contributed by atoms with Crippen LogP contribution in [0.1, 0.15) is 86.7 Å². The minimum atomic E-state index is -0.752. The predicted octanol–water partition coefficient (Wildman–Crippen LogP) is 4.53. The molecule has 0 aromatic heterocycles. The zero-order valence-electron chi connectivity index (χ0n) is 14.9. The summed E-state index contributed by atoms with van der Waals surface area (Å²) in [7, 11) is 0. The fraction of sp³-hybridized carbons (Fsp3) is 0.571. The summed E-state index contributed by atoms with van der Waals surface area (Å²) in [4.78, 5) is 11.9. The number of carbonyl (C=O) groups is 1. The van der Waals surface area contributed by atoms with Crippen LogP contribution in [0.25, 0.3) is 5.57 Å². The van der Waals surface area contributed by atoms with Gasteiger partial charge in [0.1, 0.15) is 0 Å². The summed E-state index contributed by atoms with van der Waals surface area (Å²) >= 11 is 0. The van der Waals surface area contributed by atoms with E-state index in [0.717, 1.165) is 56.1 Å². The van der Waals surface area contributed by atoms with Crippen LogP contribution < -0.4 is 5.73 Å². The Bertz CT molecular complexity index is 666. The molecule has 2 aliphatic carbocycles. The fourth-order valence-corrected chi connectivity index (χ4v) is 4.06. The van der Waals surface area contributed by atoms with Gasteiger partial charge in [-0.3, -0.25) is 4.79 Å². The van der Waals surface area contributed by atoms with Gasteiger partial charge in [-0.1, -0.05) is 45.3 Å². The van der Waals surface area contributed by atoms with E-state index in [1.807, 2.05) is 12.1 Å². The maximum Gasteiger partial charge on any atom is 0.249 e. The molecule has 1 saturated carbocycles. The lowest BCUT2D eigenvalue weighted by atomic mass is 9.75. The Morgan fingerprint density at radius 3 is 2.42 bits per heavy atom. The fourth-order valence-electron chi connectivity index (χ4n) is 4.06. The van der Waals surface area contributed by atoms with Crippen molar-refractivity contribution >= 4 is 11.5 Å². The first-order chi connectivity index (χ1) is 11.3. The molecule has 1 fully saturated rings. The number of allylic oxidation sites excluding steroid dienone is 2. The van der Waals surface area contributed by atoms with Gasteiger partial charge in [-0.15, -0.1) is 0 Å². The van der Waals surface area contributed by atoms with Gasteiger partial charge in [0, 0.05) is 5.56 Å². The first-order valence-corrected chi connectivity index (χ1v) is 9.17. The number of nitrogens with two attached hydrogens (primary N) is 1. The van der Waals surface area contributed by atoms with E-state index >= 15 is 0 Å². The number of rotatable bonds is 3. The summed E-state index contributed by atoms with van der Waals surface area (Å²) in [6, 6.07) is 5.72. The lowest BCUT2D eigenvalue weighted by Gasteiger charge is -2.34. The second-order valence-electron chi connectivity index (χ2n) is 8.31. The maximum atomic E-state index is 11.9. The van der Waals surface area contributed by atoms with Crippen molar-refractivity contribution in [2.75, 3.05) is 0 Å². The molecule has 1 aromatic rings. The molecule has 1 amide bonds. The first kappa shape index (κ1) is 17.2. The molecule has 3 rings (SSSR count). The Kier molecular flexibility index (Phi) is 4.56. The molecule has 3 heteroatoms. The average molecular weight is 327 g/mol. The molecule has 24 heavy (non-hydrogen) atoms. The van der Waals surface area contributed by atoms with Crippen LogP contribution in [0.3, 0.4) is 0 Å². The number of hydrogen-bond donors (Lipinski definition) is 2. The summed E-state index contributed by atoms with van der Waals surface area (Å²) in [6.07, 6.45) is 10.2. The van der Waals surface area contributed by atoms with Crippen molar-refractivity contribution in [3.63, 3.8) is 0 Å². The van der Waals surface area contributed by atoms with Gasteiger partial charge in [-0.2, -0.15) is 0 Å². The molecule has 3 N–H and O–H groups in total. The Morgan fingerprint density at radius 1 is 1.12 bits per heavy atom. The van der Waals surface area contributed by atoms with E-state index in [9.17, 15) is 9.90 Å². The van der Waals surface area contributed by atoms with Gasteiger partial charge in [-0.05, 0) is 66.4 Å².